The average molecular weight is 263 g/mol. The molecule has 0 radical (unpaired) electrons. The molecular weight excluding hydrogens is 238 g/mol. The Hall–Kier alpha value is -0.240. The summed E-state index contributed by atoms with van der Waals surface area (Å²) in [6.45, 7) is 2.98. The van der Waals surface area contributed by atoms with Crippen LogP contribution in [0.4, 0.5) is 0 Å². The van der Waals surface area contributed by atoms with Crippen molar-refractivity contribution in [1.82, 2.24) is 5.06 Å². The quantitative estimate of drug-likeness (QED) is 0.441. The smallest absolute Gasteiger partial charge is 0.0789 e. The predicted octanol–water partition coefficient (Wildman–Crippen LogP) is -0.525. The minimum Gasteiger partial charge on any atom is -0.394 e. The maximum absolute atomic E-state index is 10.3. The molecule has 0 aliphatic carbocycles. The zero-order chi connectivity index (χ0) is 14.0. The fourth-order valence-electron chi connectivity index (χ4n) is 2.92. The number of nitrogens with zero attached hydrogens (tertiary/aromatic N) is 1. The summed E-state index contributed by atoms with van der Waals surface area (Å²) in [5.74, 6) is 0. The van der Waals surface area contributed by atoms with Gasteiger partial charge in [-0.05, 0) is 39.5 Å². The van der Waals surface area contributed by atoms with Crippen molar-refractivity contribution in [2.45, 2.75) is 62.8 Å². The molecule has 1 rings (SSSR count). The fourth-order valence-corrected chi connectivity index (χ4v) is 2.92. The van der Waals surface area contributed by atoms with Gasteiger partial charge in [0.2, 0.25) is 0 Å². The van der Waals surface area contributed by atoms with Gasteiger partial charge in [-0.3, -0.25) is 0 Å². The second-order valence-corrected chi connectivity index (χ2v) is 5.89. The maximum atomic E-state index is 10.3. The molecule has 1 fully saturated rings. The van der Waals surface area contributed by atoms with Crippen molar-refractivity contribution in [3.63, 3.8) is 0 Å². The van der Waals surface area contributed by atoms with E-state index in [1.54, 1.807) is 0 Å². The van der Waals surface area contributed by atoms with E-state index in [1.807, 2.05) is 13.8 Å². The van der Waals surface area contributed by atoms with Crippen molar-refractivity contribution in [2.24, 2.45) is 0 Å². The topological polar surface area (TPSA) is 104 Å². The highest BCUT2D eigenvalue weighted by molar-refractivity contribution is 5.02. The third kappa shape index (κ3) is 3.20. The first-order valence-corrected chi connectivity index (χ1v) is 6.34. The van der Waals surface area contributed by atoms with Gasteiger partial charge < -0.3 is 25.6 Å². The largest absolute Gasteiger partial charge is 0.394 e. The van der Waals surface area contributed by atoms with Crippen LogP contribution in [-0.2, 0) is 0 Å². The van der Waals surface area contributed by atoms with Crippen LogP contribution in [-0.4, -0.2) is 67.2 Å². The van der Waals surface area contributed by atoms with E-state index in [-0.39, 0.29) is 26.1 Å². The minimum atomic E-state index is -0.866. The predicted molar refractivity (Wildman–Crippen MR) is 65.1 cm³/mol. The standard InChI is InChI=1S/C12H25NO5/c1-11(5-9(16)7-14)3-4-12(2,13(11)18)6-10(17)8-15/h9-10,14-18H,3-8H2,1-2H3. The van der Waals surface area contributed by atoms with Gasteiger partial charge in [0.1, 0.15) is 0 Å². The molecule has 6 heteroatoms. The normalized spacial score (nSPS) is 36.8. The van der Waals surface area contributed by atoms with E-state index in [9.17, 15) is 15.4 Å². The van der Waals surface area contributed by atoms with Crippen molar-refractivity contribution in [3.8, 4) is 0 Å². The molecule has 18 heavy (non-hydrogen) atoms. The lowest BCUT2D eigenvalue weighted by Crippen LogP contribution is -2.52. The molecule has 108 valence electrons. The Morgan fingerprint density at radius 2 is 1.28 bits per heavy atom. The van der Waals surface area contributed by atoms with Crippen LogP contribution in [0, 0.1) is 0 Å². The second kappa shape index (κ2) is 5.81. The third-order valence-electron chi connectivity index (χ3n) is 4.00. The summed E-state index contributed by atoms with van der Waals surface area (Å²) in [6.07, 6.45) is 0.129. The van der Waals surface area contributed by atoms with Gasteiger partial charge in [0, 0.05) is 11.1 Å². The molecule has 6 nitrogen and oxygen atoms in total. The van der Waals surface area contributed by atoms with Gasteiger partial charge >= 0.3 is 0 Å². The average Bonchev–Trinajstić information content (AvgIpc) is 2.54. The molecule has 0 spiro atoms. The van der Waals surface area contributed by atoms with Crippen molar-refractivity contribution in [2.75, 3.05) is 13.2 Å². The first kappa shape index (κ1) is 15.8. The van der Waals surface area contributed by atoms with E-state index in [2.05, 4.69) is 0 Å². The molecule has 5 N–H and O–H groups in total. The molecule has 0 aromatic carbocycles. The Morgan fingerprint density at radius 3 is 1.56 bits per heavy atom. The first-order chi connectivity index (χ1) is 8.27. The van der Waals surface area contributed by atoms with E-state index in [0.29, 0.717) is 12.8 Å². The lowest BCUT2D eigenvalue weighted by molar-refractivity contribution is -0.217. The van der Waals surface area contributed by atoms with Crippen LogP contribution in [0.25, 0.3) is 0 Å². The molecule has 0 aromatic heterocycles. The molecule has 1 saturated heterocycles. The van der Waals surface area contributed by atoms with Gasteiger partial charge in [-0.2, -0.15) is 5.06 Å². The van der Waals surface area contributed by atoms with E-state index < -0.39 is 23.3 Å². The van der Waals surface area contributed by atoms with Crippen molar-refractivity contribution < 1.29 is 25.6 Å². The zero-order valence-corrected chi connectivity index (χ0v) is 11.1. The molecular formula is C12H25NO5. The summed E-state index contributed by atoms with van der Waals surface area (Å²) in [7, 11) is 0. The van der Waals surface area contributed by atoms with Crippen molar-refractivity contribution in [3.05, 3.63) is 0 Å². The van der Waals surface area contributed by atoms with Gasteiger partial charge in [0.05, 0.1) is 25.4 Å². The van der Waals surface area contributed by atoms with Crippen LogP contribution in [0.3, 0.4) is 0 Å². The van der Waals surface area contributed by atoms with E-state index in [0.717, 1.165) is 0 Å². The highest BCUT2D eigenvalue weighted by Crippen LogP contribution is 2.44. The number of hydrogen-bond acceptors (Lipinski definition) is 6. The van der Waals surface area contributed by atoms with E-state index >= 15 is 0 Å². The summed E-state index contributed by atoms with van der Waals surface area (Å²) < 4.78 is 0. The van der Waals surface area contributed by atoms with Gasteiger partial charge in [-0.1, -0.05) is 0 Å². The molecule has 1 aliphatic rings. The number of rotatable bonds is 6. The summed E-state index contributed by atoms with van der Waals surface area (Å²) >= 11 is 0. The lowest BCUT2D eigenvalue weighted by Gasteiger charge is -2.40. The van der Waals surface area contributed by atoms with Crippen LogP contribution in [0.15, 0.2) is 0 Å². The van der Waals surface area contributed by atoms with Crippen LogP contribution < -0.4 is 0 Å². The van der Waals surface area contributed by atoms with Crippen LogP contribution in [0.2, 0.25) is 0 Å². The Morgan fingerprint density at radius 1 is 0.944 bits per heavy atom. The van der Waals surface area contributed by atoms with E-state index in [4.69, 9.17) is 10.2 Å². The number of aliphatic hydroxyl groups is 4. The Kier molecular flexibility index (Phi) is 5.11. The Labute approximate surface area is 107 Å². The number of hydrogen-bond donors (Lipinski definition) is 5. The maximum Gasteiger partial charge on any atom is 0.0789 e. The molecule has 0 bridgehead atoms. The highest BCUT2D eigenvalue weighted by atomic mass is 16.5. The molecule has 0 aromatic rings. The molecule has 1 heterocycles. The fraction of sp³-hybridized carbons (Fsp3) is 1.00. The zero-order valence-electron chi connectivity index (χ0n) is 11.1. The minimum absolute atomic E-state index is 0.269. The molecule has 0 amide bonds. The summed E-state index contributed by atoms with van der Waals surface area (Å²) in [6, 6.07) is 0. The van der Waals surface area contributed by atoms with Crippen molar-refractivity contribution in [1.29, 1.82) is 0 Å². The van der Waals surface area contributed by atoms with Crippen LogP contribution in [0.5, 0.6) is 0 Å². The molecule has 0 saturated carbocycles. The summed E-state index contributed by atoms with van der Waals surface area (Å²) in [5, 5.41) is 48.3. The highest BCUT2D eigenvalue weighted by Gasteiger charge is 2.50. The van der Waals surface area contributed by atoms with Gasteiger partial charge in [0.15, 0.2) is 0 Å². The van der Waals surface area contributed by atoms with Crippen LogP contribution in [0.1, 0.15) is 39.5 Å². The van der Waals surface area contributed by atoms with E-state index in [1.165, 1.54) is 5.06 Å². The SMILES string of the molecule is CC1(CC(O)CO)CCC(C)(CC(O)CO)N1O. The van der Waals surface area contributed by atoms with Crippen LogP contribution >= 0.6 is 0 Å². The molecule has 4 unspecified atom stereocenters. The Bertz CT molecular complexity index is 251. The monoisotopic (exact) mass is 263 g/mol. The Balaban J connectivity index is 2.72. The van der Waals surface area contributed by atoms with Gasteiger partial charge in [-0.25, -0.2) is 0 Å². The summed E-state index contributed by atoms with van der Waals surface area (Å²) in [5.41, 5.74) is -1.24. The third-order valence-corrected chi connectivity index (χ3v) is 4.00. The second-order valence-electron chi connectivity index (χ2n) is 5.89. The number of hydroxylamine groups is 2. The lowest BCUT2D eigenvalue weighted by atomic mass is 9.91. The number of aliphatic hydroxyl groups excluding tert-OH is 4. The first-order valence-electron chi connectivity index (χ1n) is 6.34. The molecule has 4 atom stereocenters. The van der Waals surface area contributed by atoms with Gasteiger partial charge in [-0.15, -0.1) is 0 Å². The molecule has 1 aliphatic heterocycles. The van der Waals surface area contributed by atoms with Gasteiger partial charge in [0.25, 0.3) is 0 Å². The van der Waals surface area contributed by atoms with Crippen molar-refractivity contribution >= 4 is 0 Å². The summed E-state index contributed by atoms with van der Waals surface area (Å²) in [4.78, 5) is 0.